The molecule has 0 aliphatic carbocycles. The number of hydrogen-bond acceptors (Lipinski definition) is 35. The lowest BCUT2D eigenvalue weighted by Crippen LogP contribution is -2.69. The summed E-state index contributed by atoms with van der Waals surface area (Å²) in [7, 11) is 19.0. The summed E-state index contributed by atoms with van der Waals surface area (Å²) in [6, 6.07) is 0. The molecular weight excluding hydrogens is 1230 g/mol. The van der Waals surface area contributed by atoms with E-state index in [1.165, 1.54) is 99.5 Å². The van der Waals surface area contributed by atoms with Gasteiger partial charge in [0, 0.05) is 99.5 Å². The summed E-state index contributed by atoms with van der Waals surface area (Å²) in [5.41, 5.74) is 0. The van der Waals surface area contributed by atoms with Crippen LogP contribution in [-0.2, 0) is 133 Å². The van der Waals surface area contributed by atoms with Gasteiger partial charge in [0.15, 0.2) is 44.0 Å². The van der Waals surface area contributed by atoms with Crippen molar-refractivity contribution < 1.29 is 168 Å². The van der Waals surface area contributed by atoms with Crippen LogP contribution in [0.2, 0.25) is 0 Å². The van der Waals surface area contributed by atoms with Gasteiger partial charge < -0.3 is 168 Å². The van der Waals surface area contributed by atoms with Crippen molar-refractivity contribution >= 4 is 0 Å². The van der Waals surface area contributed by atoms with Gasteiger partial charge in [0.2, 0.25) is 0 Å². The van der Waals surface area contributed by atoms with Gasteiger partial charge in [-0.15, -0.1) is 0 Å². The fourth-order valence-electron chi connectivity index (χ4n) is 13.3. The van der Waals surface area contributed by atoms with E-state index in [1.54, 1.807) is 0 Å². The number of methoxy groups -OCH3 is 14. The van der Waals surface area contributed by atoms with Gasteiger partial charge in [-0.1, -0.05) is 0 Å². The molecule has 0 spiro atoms. The van der Waals surface area contributed by atoms with Crippen LogP contribution in [-0.4, -0.2) is 396 Å². The molecule has 0 aromatic carbocycles. The van der Waals surface area contributed by atoms with E-state index in [1.807, 2.05) is 0 Å². The molecule has 532 valence electrons. The lowest BCUT2D eigenvalue weighted by atomic mass is 9.94. The Balaban J connectivity index is 1.18. The maximum atomic E-state index is 12.2. The summed E-state index contributed by atoms with van der Waals surface area (Å²) in [6.07, 6.45) is -49.1. The average Bonchev–Trinajstić information content (AvgIpc) is 1.12. The van der Waals surface area contributed by atoms with E-state index in [0.717, 1.165) is 0 Å². The summed E-state index contributed by atoms with van der Waals surface area (Å²) < 4.78 is 171. The summed E-state index contributed by atoms with van der Waals surface area (Å²) in [5.74, 6) is 0. The van der Waals surface area contributed by atoms with Crippen molar-refractivity contribution in [1.82, 2.24) is 0 Å². The average molecular weight is 1330 g/mol. The Morgan fingerprint density at radius 2 is 0.297 bits per heavy atom. The molecule has 35 atom stereocenters. The highest BCUT2D eigenvalue weighted by atomic mass is 16.8. The Kier molecular flexibility index (Phi) is 29.3. The number of rotatable bonds is 21. The Hall–Kier alpha value is -1.40. The van der Waals surface area contributed by atoms with E-state index in [0.29, 0.717) is 0 Å². The molecule has 35 nitrogen and oxygen atoms in total. The topological polar surface area (TPSA) is 400 Å². The lowest BCUT2D eigenvalue weighted by Gasteiger charge is -2.51. The van der Waals surface area contributed by atoms with Crippen LogP contribution in [0.4, 0.5) is 0 Å². The zero-order valence-electron chi connectivity index (χ0n) is 53.7. The van der Waals surface area contributed by atoms with E-state index in [2.05, 4.69) is 0 Å². The van der Waals surface area contributed by atoms with Crippen LogP contribution in [0.3, 0.4) is 0 Å². The van der Waals surface area contributed by atoms with Crippen LogP contribution in [0.25, 0.3) is 0 Å². The molecule has 0 amide bonds. The maximum Gasteiger partial charge on any atom is 0.187 e. The Morgan fingerprint density at radius 3 is 0.385 bits per heavy atom. The second-order valence-corrected chi connectivity index (χ2v) is 23.0. The molecular formula is C56H98O35. The van der Waals surface area contributed by atoms with Crippen molar-refractivity contribution in [3.63, 3.8) is 0 Å². The fourth-order valence-corrected chi connectivity index (χ4v) is 13.3. The highest BCUT2D eigenvalue weighted by Crippen LogP contribution is 2.41. The third-order valence-corrected chi connectivity index (χ3v) is 17.6. The van der Waals surface area contributed by atoms with Crippen molar-refractivity contribution in [1.29, 1.82) is 0 Å². The highest BCUT2D eigenvalue weighted by molar-refractivity contribution is 5.03. The second-order valence-electron chi connectivity index (χ2n) is 23.0. The highest BCUT2D eigenvalue weighted by Gasteiger charge is 2.61. The molecule has 21 aliphatic heterocycles. The van der Waals surface area contributed by atoms with E-state index >= 15 is 0 Å². The summed E-state index contributed by atoms with van der Waals surface area (Å²) in [5, 5.41) is 85.4. The number of aliphatic hydroxyl groups is 7. The van der Waals surface area contributed by atoms with Crippen LogP contribution < -0.4 is 0 Å². The second kappa shape index (κ2) is 35.4. The SMILES string of the molecule is COC[C@H]1O[C@@H]2O[C@H]3[C@H](OC)[C@@H](O)[C@@H](O[C@H]4[C@H](OC)[C@@H](O)[C@@H](O[C@H]5[C@H](OC)[C@@H](O)[C@@H](O[C@H]6[C@H](OC)[C@@H](O)[C@@H](O[C@H]7[C@H](OC)[C@@H](O)[C@@H](O[C@H]8[C@H](OC)[C@@H](O)[C@@H](O[C@H]1[C@H](OC)[C@H]2O)O[C@@H]8COC)O[C@@H]7COC)O[C@@H]6COC)O[C@@H]5COC)O[C@@H]4COC)O[C@@H]3COC. The van der Waals surface area contributed by atoms with E-state index in [-0.39, 0.29) is 46.2 Å². The molecule has 21 rings (SSSR count). The van der Waals surface area contributed by atoms with Crippen LogP contribution in [0.5, 0.6) is 0 Å². The fraction of sp³-hybridized carbons (Fsp3) is 1.00. The van der Waals surface area contributed by atoms with Crippen molar-refractivity contribution in [3.05, 3.63) is 0 Å². The Labute approximate surface area is 528 Å². The minimum Gasteiger partial charge on any atom is -0.385 e. The molecule has 0 unspecified atom stereocenters. The molecule has 0 aromatic rings. The molecule has 35 heteroatoms. The number of hydrogen-bond donors (Lipinski definition) is 7. The van der Waals surface area contributed by atoms with Crippen LogP contribution in [0, 0.1) is 0 Å². The minimum absolute atomic E-state index is 0.204. The zero-order chi connectivity index (χ0) is 66.0. The van der Waals surface area contributed by atoms with Crippen molar-refractivity contribution in [2.75, 3.05) is 146 Å². The van der Waals surface area contributed by atoms with Gasteiger partial charge in [0.1, 0.15) is 171 Å². The normalized spacial score (nSPS) is 48.7. The first-order valence-corrected chi connectivity index (χ1v) is 30.0. The van der Waals surface area contributed by atoms with Gasteiger partial charge in [-0.2, -0.15) is 0 Å². The van der Waals surface area contributed by atoms with Gasteiger partial charge in [0.25, 0.3) is 0 Å². The minimum atomic E-state index is -1.69. The standard InChI is InChI=1S/C56H98O35/c1-64-15-22-36-43(71-8)29(57)50(78-22)86-37-23(16-65-2)80-52(31(59)45(37)73-10)88-39-25(18-67-4)82-54(33(61)47(39)75-12)90-41-27(20-69-6)84-56(35(63)49(41)77-14)91-42-28(21-70-7)83-55(34(62)48(42)76-13)89-40-26(19-68-5)81-53(32(60)46(40)74-11)87-38-24(17-66-3)79-51(85-36)30(58)44(38)72-9/h22-63H,15-21H2,1-14H3/t22-,23-,24-,25-,26-,27-,28-,29-,30-,31-,32-,33-,34-,35-,36-,37-,38-,39-,40-,41-,42-,43-,44-,45-,46-,47-,48-,49-,50-,51-,52-,53-,54-,55-,56-/m1/s1. The van der Waals surface area contributed by atoms with Gasteiger partial charge in [-0.3, -0.25) is 0 Å². The molecule has 21 heterocycles. The maximum absolute atomic E-state index is 12.2. The van der Waals surface area contributed by atoms with Crippen LogP contribution in [0.15, 0.2) is 0 Å². The van der Waals surface area contributed by atoms with Crippen molar-refractivity contribution in [3.8, 4) is 0 Å². The molecule has 14 bridgehead atoms. The summed E-state index contributed by atoms with van der Waals surface area (Å²) in [4.78, 5) is 0. The smallest absolute Gasteiger partial charge is 0.187 e. The molecule has 21 fully saturated rings. The molecule has 91 heavy (non-hydrogen) atoms. The Bertz CT molecular complexity index is 1690. The zero-order valence-corrected chi connectivity index (χ0v) is 53.7. The molecule has 21 aliphatic rings. The number of ether oxygens (including phenoxy) is 28. The molecule has 0 radical (unpaired) electrons. The number of aliphatic hydroxyl groups excluding tert-OH is 7. The van der Waals surface area contributed by atoms with Gasteiger partial charge >= 0.3 is 0 Å². The molecule has 0 aromatic heterocycles. The third kappa shape index (κ3) is 16.3. The predicted octanol–water partition coefficient (Wildman–Crippen LogP) is -6.07. The molecule has 0 saturated carbocycles. The summed E-state index contributed by atoms with van der Waals surface area (Å²) in [6.45, 7) is -1.43. The molecule has 21 saturated heterocycles. The quantitative estimate of drug-likeness (QED) is 0.0562. The Morgan fingerprint density at radius 1 is 0.187 bits per heavy atom. The third-order valence-electron chi connectivity index (χ3n) is 17.6. The predicted molar refractivity (Wildman–Crippen MR) is 295 cm³/mol. The van der Waals surface area contributed by atoms with E-state index < -0.39 is 215 Å². The van der Waals surface area contributed by atoms with Crippen molar-refractivity contribution in [2.45, 2.75) is 215 Å². The van der Waals surface area contributed by atoms with E-state index in [4.69, 9.17) is 133 Å². The monoisotopic (exact) mass is 1330 g/mol. The van der Waals surface area contributed by atoms with Crippen LogP contribution >= 0.6 is 0 Å². The lowest BCUT2D eigenvalue weighted by molar-refractivity contribution is -0.399. The van der Waals surface area contributed by atoms with Crippen LogP contribution in [0.1, 0.15) is 0 Å². The first kappa shape index (κ1) is 75.4. The molecule has 7 N–H and O–H groups in total. The summed E-state index contributed by atoms with van der Waals surface area (Å²) >= 11 is 0. The van der Waals surface area contributed by atoms with E-state index in [9.17, 15) is 35.7 Å². The van der Waals surface area contributed by atoms with Crippen molar-refractivity contribution in [2.24, 2.45) is 0 Å². The van der Waals surface area contributed by atoms with Gasteiger partial charge in [0.05, 0.1) is 46.2 Å². The largest absolute Gasteiger partial charge is 0.385 e. The van der Waals surface area contributed by atoms with Gasteiger partial charge in [-0.05, 0) is 0 Å². The first-order chi connectivity index (χ1) is 43.9. The first-order valence-electron chi connectivity index (χ1n) is 30.0. The van der Waals surface area contributed by atoms with Gasteiger partial charge in [-0.25, -0.2) is 0 Å².